The van der Waals surface area contributed by atoms with Gasteiger partial charge < -0.3 is 23.9 Å². The SMILES string of the molecule is C=CC(=O)OCCOC[S+]([O-])CCCCCCOCC(C)C(=O)CCCC(=O)O. The second-order valence-corrected chi connectivity index (χ2v) is 8.17. The van der Waals surface area contributed by atoms with Crippen molar-refractivity contribution >= 4 is 28.9 Å². The van der Waals surface area contributed by atoms with Gasteiger partial charge in [-0.05, 0) is 36.9 Å². The van der Waals surface area contributed by atoms with Gasteiger partial charge in [-0.2, -0.15) is 0 Å². The molecule has 0 fully saturated rings. The van der Waals surface area contributed by atoms with Gasteiger partial charge >= 0.3 is 11.9 Å². The predicted octanol–water partition coefficient (Wildman–Crippen LogP) is 2.48. The summed E-state index contributed by atoms with van der Waals surface area (Å²) in [6.45, 7) is 6.34. The van der Waals surface area contributed by atoms with Gasteiger partial charge in [-0.15, -0.1) is 0 Å². The largest absolute Gasteiger partial charge is 0.615 e. The van der Waals surface area contributed by atoms with Crippen molar-refractivity contribution in [3.8, 4) is 0 Å². The molecule has 0 amide bonds. The molecule has 0 rings (SSSR count). The number of carboxylic acid groups (broad SMARTS) is 1. The van der Waals surface area contributed by atoms with Crippen LogP contribution in [0.2, 0.25) is 0 Å². The van der Waals surface area contributed by atoms with Crippen molar-refractivity contribution in [2.24, 2.45) is 5.92 Å². The molecule has 1 N–H and O–H groups in total. The topological polar surface area (TPSA) is 122 Å². The average molecular weight is 435 g/mol. The Kier molecular flexibility index (Phi) is 17.7. The number of carbonyl (C=O) groups is 3. The molecule has 168 valence electrons. The lowest BCUT2D eigenvalue weighted by Crippen LogP contribution is -2.18. The number of aliphatic carboxylic acids is 1. The van der Waals surface area contributed by atoms with Crippen LogP contribution in [0.3, 0.4) is 0 Å². The van der Waals surface area contributed by atoms with E-state index in [0.29, 0.717) is 25.4 Å². The Morgan fingerprint density at radius 1 is 1.03 bits per heavy atom. The summed E-state index contributed by atoms with van der Waals surface area (Å²) in [7, 11) is 0. The quantitative estimate of drug-likeness (QED) is 0.134. The number of carboxylic acids is 1. The van der Waals surface area contributed by atoms with E-state index in [-0.39, 0.29) is 43.7 Å². The maximum atomic E-state index is 11.8. The second-order valence-electron chi connectivity index (χ2n) is 6.65. The van der Waals surface area contributed by atoms with Crippen molar-refractivity contribution in [3.05, 3.63) is 12.7 Å². The molecule has 0 bridgehead atoms. The van der Waals surface area contributed by atoms with E-state index >= 15 is 0 Å². The van der Waals surface area contributed by atoms with Gasteiger partial charge in [0.1, 0.15) is 18.1 Å². The molecule has 0 saturated carbocycles. The number of hydrogen-bond acceptors (Lipinski definition) is 7. The fourth-order valence-electron chi connectivity index (χ4n) is 2.30. The van der Waals surface area contributed by atoms with Gasteiger partial charge in [0.25, 0.3) is 0 Å². The molecule has 0 aliphatic rings. The van der Waals surface area contributed by atoms with Gasteiger partial charge in [-0.3, -0.25) is 9.59 Å². The zero-order chi connectivity index (χ0) is 21.9. The van der Waals surface area contributed by atoms with Crippen LogP contribution in [-0.2, 0) is 39.8 Å². The molecule has 8 nitrogen and oxygen atoms in total. The zero-order valence-electron chi connectivity index (χ0n) is 17.3. The first-order valence-electron chi connectivity index (χ1n) is 9.91. The molecule has 0 aliphatic carbocycles. The summed E-state index contributed by atoms with van der Waals surface area (Å²) in [5.74, 6) is -0.871. The summed E-state index contributed by atoms with van der Waals surface area (Å²) < 4.78 is 27.2. The van der Waals surface area contributed by atoms with Gasteiger partial charge in [0.05, 0.1) is 13.2 Å². The molecule has 0 aromatic rings. The Morgan fingerprint density at radius 2 is 1.76 bits per heavy atom. The first-order valence-corrected chi connectivity index (χ1v) is 11.4. The number of ether oxygens (including phenoxy) is 3. The molecule has 2 atom stereocenters. The Morgan fingerprint density at radius 3 is 2.45 bits per heavy atom. The summed E-state index contributed by atoms with van der Waals surface area (Å²) in [5.41, 5.74) is 0. The van der Waals surface area contributed by atoms with Gasteiger partial charge in [0.2, 0.25) is 5.94 Å². The summed E-state index contributed by atoms with van der Waals surface area (Å²) >= 11 is -1.05. The van der Waals surface area contributed by atoms with Gasteiger partial charge in [0, 0.05) is 31.4 Å². The molecule has 0 spiro atoms. The summed E-state index contributed by atoms with van der Waals surface area (Å²) in [6, 6.07) is 0. The third-order valence-corrected chi connectivity index (χ3v) is 5.17. The standard InChI is InChI=1S/C20H34O8S/c1-3-20(24)28-13-12-27-16-29(25)14-7-5-4-6-11-26-15-17(2)18(21)9-8-10-19(22)23/h3,17H,1,4-16H2,2H3,(H,22,23). The lowest BCUT2D eigenvalue weighted by atomic mass is 10.0. The van der Waals surface area contributed by atoms with Crippen molar-refractivity contribution in [2.45, 2.75) is 51.9 Å². The highest BCUT2D eigenvalue weighted by Gasteiger charge is 2.13. The molecular weight excluding hydrogens is 400 g/mol. The fraction of sp³-hybridized carbons (Fsp3) is 0.750. The van der Waals surface area contributed by atoms with Crippen molar-refractivity contribution in [3.63, 3.8) is 0 Å². The highest BCUT2D eigenvalue weighted by atomic mass is 32.2. The molecule has 29 heavy (non-hydrogen) atoms. The highest BCUT2D eigenvalue weighted by molar-refractivity contribution is 7.91. The van der Waals surface area contributed by atoms with E-state index in [1.165, 1.54) is 0 Å². The lowest BCUT2D eigenvalue weighted by Gasteiger charge is -2.12. The van der Waals surface area contributed by atoms with Crippen LogP contribution in [-0.4, -0.2) is 65.5 Å². The molecule has 0 saturated heterocycles. The Labute approximate surface area is 176 Å². The summed E-state index contributed by atoms with van der Waals surface area (Å²) in [4.78, 5) is 33.0. The Balaban J connectivity index is 3.45. The van der Waals surface area contributed by atoms with Crippen LogP contribution in [0.15, 0.2) is 12.7 Å². The normalized spacial score (nSPS) is 12.9. The molecule has 0 aromatic heterocycles. The van der Waals surface area contributed by atoms with Crippen LogP contribution in [0.1, 0.15) is 51.9 Å². The van der Waals surface area contributed by atoms with Gasteiger partial charge in [-0.25, -0.2) is 4.79 Å². The van der Waals surface area contributed by atoms with Crippen molar-refractivity contribution in [1.29, 1.82) is 0 Å². The Bertz CT molecular complexity index is 483. The minimum atomic E-state index is -1.05. The van der Waals surface area contributed by atoms with Crippen LogP contribution in [0, 0.1) is 5.92 Å². The smallest absolute Gasteiger partial charge is 0.330 e. The third-order valence-electron chi connectivity index (χ3n) is 4.00. The van der Waals surface area contributed by atoms with E-state index in [0.717, 1.165) is 31.8 Å². The number of unbranched alkanes of at least 4 members (excludes halogenated alkanes) is 3. The van der Waals surface area contributed by atoms with Crippen LogP contribution in [0.5, 0.6) is 0 Å². The zero-order valence-corrected chi connectivity index (χ0v) is 18.1. The number of Topliss-reactive ketones (excluding diaryl/α,β-unsaturated/α-hetero) is 1. The molecular formula is C20H34O8S. The van der Waals surface area contributed by atoms with E-state index in [2.05, 4.69) is 6.58 Å². The number of esters is 1. The highest BCUT2D eigenvalue weighted by Crippen LogP contribution is 2.08. The van der Waals surface area contributed by atoms with Gasteiger partial charge in [-0.1, -0.05) is 19.9 Å². The van der Waals surface area contributed by atoms with Crippen molar-refractivity contribution in [1.82, 2.24) is 0 Å². The maximum Gasteiger partial charge on any atom is 0.330 e. The lowest BCUT2D eigenvalue weighted by molar-refractivity contribution is -0.139. The van der Waals surface area contributed by atoms with Crippen LogP contribution < -0.4 is 0 Å². The Hall–Kier alpha value is -1.42. The van der Waals surface area contributed by atoms with E-state index in [4.69, 9.17) is 19.3 Å². The predicted molar refractivity (Wildman–Crippen MR) is 110 cm³/mol. The first-order chi connectivity index (χ1) is 13.9. The van der Waals surface area contributed by atoms with Crippen LogP contribution in [0.4, 0.5) is 0 Å². The van der Waals surface area contributed by atoms with E-state index in [1.807, 2.05) is 0 Å². The minimum absolute atomic E-state index is 0.0153. The summed E-state index contributed by atoms with van der Waals surface area (Å²) in [5, 5.41) is 8.56. The van der Waals surface area contributed by atoms with Gasteiger partial charge in [0.15, 0.2) is 0 Å². The average Bonchev–Trinajstić information content (AvgIpc) is 2.68. The van der Waals surface area contributed by atoms with Crippen molar-refractivity contribution < 1.29 is 38.3 Å². The number of rotatable bonds is 20. The maximum absolute atomic E-state index is 11.8. The molecule has 0 aromatic carbocycles. The van der Waals surface area contributed by atoms with E-state index in [1.54, 1.807) is 6.92 Å². The minimum Gasteiger partial charge on any atom is -0.615 e. The molecule has 0 radical (unpaired) electrons. The number of hydrogen-bond donors (Lipinski definition) is 1. The van der Waals surface area contributed by atoms with Crippen LogP contribution in [0.25, 0.3) is 0 Å². The molecule has 9 heteroatoms. The second kappa shape index (κ2) is 18.6. The molecule has 0 aliphatic heterocycles. The monoisotopic (exact) mass is 434 g/mol. The van der Waals surface area contributed by atoms with Crippen molar-refractivity contribution in [2.75, 3.05) is 38.1 Å². The summed E-state index contributed by atoms with van der Waals surface area (Å²) in [6.07, 6.45) is 5.34. The van der Waals surface area contributed by atoms with E-state index in [9.17, 15) is 18.9 Å². The number of carbonyl (C=O) groups excluding carboxylic acids is 2. The molecule has 2 unspecified atom stereocenters. The van der Waals surface area contributed by atoms with E-state index < -0.39 is 23.1 Å². The number of ketones is 1. The fourth-order valence-corrected chi connectivity index (χ4v) is 3.25. The first kappa shape index (κ1) is 27.6. The molecule has 0 heterocycles. The van der Waals surface area contributed by atoms with Crippen LogP contribution >= 0.6 is 0 Å². The third kappa shape index (κ3) is 18.4.